The van der Waals surface area contributed by atoms with Gasteiger partial charge in [0.05, 0.1) is 6.10 Å². The smallest absolute Gasteiger partial charge is 0.114 e. The number of rotatable bonds is 0. The first-order chi connectivity index (χ1) is 3.60. The van der Waals surface area contributed by atoms with Crippen molar-refractivity contribution in [2.75, 3.05) is 6.54 Å². The zero-order valence-corrected chi connectivity index (χ0v) is 5.69. The molecule has 1 aliphatic rings. The van der Waals surface area contributed by atoms with E-state index in [1.54, 1.807) is 0 Å². The number of ether oxygens (including phenoxy) is 1. The molecule has 2 nitrogen and oxygen atoms in total. The van der Waals surface area contributed by atoms with Gasteiger partial charge in [-0.2, -0.15) is 0 Å². The highest BCUT2D eigenvalue weighted by Crippen LogP contribution is 2.13. The maximum atomic E-state index is 5.44. The van der Waals surface area contributed by atoms with Crippen molar-refractivity contribution >= 4 is 0 Å². The Morgan fingerprint density at radius 1 is 1.62 bits per heavy atom. The molecular formula is C6H13NO. The van der Waals surface area contributed by atoms with Crippen LogP contribution in [0, 0.1) is 0 Å². The summed E-state index contributed by atoms with van der Waals surface area (Å²) in [6, 6.07) is 0. The molecule has 0 radical (unpaired) electrons. The van der Waals surface area contributed by atoms with E-state index in [0.29, 0.717) is 6.10 Å². The highest BCUT2D eigenvalue weighted by molar-refractivity contribution is 4.76. The second-order valence-corrected chi connectivity index (χ2v) is 2.82. The average molecular weight is 115 g/mol. The van der Waals surface area contributed by atoms with Gasteiger partial charge in [-0.25, -0.2) is 0 Å². The van der Waals surface area contributed by atoms with Gasteiger partial charge in [0, 0.05) is 6.54 Å². The van der Waals surface area contributed by atoms with Gasteiger partial charge < -0.3 is 4.74 Å². The third-order valence-corrected chi connectivity index (χ3v) is 1.31. The molecule has 1 unspecified atom stereocenters. The topological polar surface area (TPSA) is 21.3 Å². The van der Waals surface area contributed by atoms with E-state index in [2.05, 4.69) is 12.2 Å². The van der Waals surface area contributed by atoms with Crippen molar-refractivity contribution in [2.45, 2.75) is 32.6 Å². The summed E-state index contributed by atoms with van der Waals surface area (Å²) < 4.78 is 5.44. The SMILES string of the molecule is CC1CNC(C)(C)O1. The highest BCUT2D eigenvalue weighted by Gasteiger charge is 2.27. The van der Waals surface area contributed by atoms with Gasteiger partial charge in [-0.3, -0.25) is 5.32 Å². The maximum Gasteiger partial charge on any atom is 0.114 e. The van der Waals surface area contributed by atoms with Crippen LogP contribution in [0.5, 0.6) is 0 Å². The van der Waals surface area contributed by atoms with E-state index in [-0.39, 0.29) is 5.72 Å². The first kappa shape index (κ1) is 6.05. The van der Waals surface area contributed by atoms with Crippen molar-refractivity contribution in [3.05, 3.63) is 0 Å². The molecule has 1 aliphatic heterocycles. The molecule has 8 heavy (non-hydrogen) atoms. The molecule has 0 bridgehead atoms. The van der Waals surface area contributed by atoms with Crippen molar-refractivity contribution in [1.82, 2.24) is 5.32 Å². The maximum absolute atomic E-state index is 5.44. The van der Waals surface area contributed by atoms with Gasteiger partial charge in [0.15, 0.2) is 0 Å². The fourth-order valence-corrected chi connectivity index (χ4v) is 0.976. The molecule has 1 heterocycles. The number of hydrogen-bond donors (Lipinski definition) is 1. The monoisotopic (exact) mass is 115 g/mol. The van der Waals surface area contributed by atoms with Gasteiger partial charge in [-0.1, -0.05) is 0 Å². The summed E-state index contributed by atoms with van der Waals surface area (Å²) in [5.41, 5.74) is -0.0839. The lowest BCUT2D eigenvalue weighted by molar-refractivity contribution is -0.0153. The van der Waals surface area contributed by atoms with Crippen LogP contribution in [0.4, 0.5) is 0 Å². The minimum atomic E-state index is -0.0839. The Hall–Kier alpha value is -0.0800. The lowest BCUT2D eigenvalue weighted by atomic mass is 10.3. The Labute approximate surface area is 50.2 Å². The predicted molar refractivity (Wildman–Crippen MR) is 32.6 cm³/mol. The summed E-state index contributed by atoms with van der Waals surface area (Å²) in [4.78, 5) is 0. The predicted octanol–water partition coefficient (Wildman–Crippen LogP) is 0.731. The molecule has 0 amide bonds. The van der Waals surface area contributed by atoms with Gasteiger partial charge in [0.2, 0.25) is 0 Å². The molecule has 0 saturated carbocycles. The van der Waals surface area contributed by atoms with Crippen molar-refractivity contribution in [3.8, 4) is 0 Å². The zero-order valence-electron chi connectivity index (χ0n) is 5.69. The first-order valence-corrected chi connectivity index (χ1v) is 3.03. The molecule has 1 atom stereocenters. The minimum absolute atomic E-state index is 0.0839. The van der Waals surface area contributed by atoms with Crippen LogP contribution in [-0.2, 0) is 4.74 Å². The van der Waals surface area contributed by atoms with E-state index in [1.807, 2.05) is 13.8 Å². The van der Waals surface area contributed by atoms with Crippen LogP contribution in [0.25, 0.3) is 0 Å². The molecule has 0 aliphatic carbocycles. The highest BCUT2D eigenvalue weighted by atomic mass is 16.5. The standard InChI is InChI=1S/C6H13NO/c1-5-4-7-6(2,3)8-5/h5,7H,4H2,1-3H3. The van der Waals surface area contributed by atoms with Crippen LogP contribution < -0.4 is 5.32 Å². The molecule has 1 fully saturated rings. The van der Waals surface area contributed by atoms with E-state index < -0.39 is 0 Å². The molecule has 0 aromatic carbocycles. The Kier molecular flexibility index (Phi) is 1.29. The largest absolute Gasteiger partial charge is 0.357 e. The average Bonchev–Trinajstić information content (AvgIpc) is 1.82. The molecule has 0 aromatic rings. The van der Waals surface area contributed by atoms with Crippen LogP contribution in [-0.4, -0.2) is 18.4 Å². The van der Waals surface area contributed by atoms with Gasteiger partial charge in [-0.05, 0) is 20.8 Å². The summed E-state index contributed by atoms with van der Waals surface area (Å²) in [5, 5.41) is 3.22. The third-order valence-electron chi connectivity index (χ3n) is 1.31. The first-order valence-electron chi connectivity index (χ1n) is 3.03. The minimum Gasteiger partial charge on any atom is -0.357 e. The van der Waals surface area contributed by atoms with Crippen molar-refractivity contribution in [2.24, 2.45) is 0 Å². The Morgan fingerprint density at radius 2 is 2.25 bits per heavy atom. The van der Waals surface area contributed by atoms with Crippen LogP contribution >= 0.6 is 0 Å². The summed E-state index contributed by atoms with van der Waals surface area (Å²) in [6.45, 7) is 7.13. The van der Waals surface area contributed by atoms with Crippen molar-refractivity contribution in [3.63, 3.8) is 0 Å². The van der Waals surface area contributed by atoms with Gasteiger partial charge in [0.1, 0.15) is 5.72 Å². The summed E-state index contributed by atoms with van der Waals surface area (Å²) in [5.74, 6) is 0. The normalized spacial score (nSPS) is 35.6. The van der Waals surface area contributed by atoms with Crippen LogP contribution in [0.1, 0.15) is 20.8 Å². The van der Waals surface area contributed by atoms with E-state index in [9.17, 15) is 0 Å². The van der Waals surface area contributed by atoms with Crippen LogP contribution in [0.2, 0.25) is 0 Å². The van der Waals surface area contributed by atoms with Gasteiger partial charge >= 0.3 is 0 Å². The fourth-order valence-electron chi connectivity index (χ4n) is 0.976. The van der Waals surface area contributed by atoms with E-state index in [1.165, 1.54) is 0 Å². The Morgan fingerprint density at radius 3 is 2.38 bits per heavy atom. The molecule has 48 valence electrons. The molecule has 0 aromatic heterocycles. The third kappa shape index (κ3) is 1.20. The summed E-state index contributed by atoms with van der Waals surface area (Å²) >= 11 is 0. The number of hydrogen-bond acceptors (Lipinski definition) is 2. The fraction of sp³-hybridized carbons (Fsp3) is 1.00. The molecule has 1 saturated heterocycles. The summed E-state index contributed by atoms with van der Waals surface area (Å²) in [7, 11) is 0. The van der Waals surface area contributed by atoms with Crippen molar-refractivity contribution in [1.29, 1.82) is 0 Å². The molecule has 2 heteroatoms. The van der Waals surface area contributed by atoms with E-state index in [4.69, 9.17) is 4.74 Å². The molecule has 0 spiro atoms. The van der Waals surface area contributed by atoms with Gasteiger partial charge in [0.25, 0.3) is 0 Å². The van der Waals surface area contributed by atoms with Gasteiger partial charge in [-0.15, -0.1) is 0 Å². The zero-order chi connectivity index (χ0) is 6.20. The Balaban J connectivity index is 2.44. The van der Waals surface area contributed by atoms with Crippen LogP contribution in [0.15, 0.2) is 0 Å². The number of nitrogens with one attached hydrogen (secondary N) is 1. The van der Waals surface area contributed by atoms with Crippen molar-refractivity contribution < 1.29 is 4.74 Å². The molecule has 1 rings (SSSR count). The molecular weight excluding hydrogens is 102 g/mol. The quantitative estimate of drug-likeness (QED) is 0.502. The summed E-state index contributed by atoms with van der Waals surface area (Å²) in [6.07, 6.45) is 0.380. The lowest BCUT2D eigenvalue weighted by Gasteiger charge is -2.16. The second-order valence-electron chi connectivity index (χ2n) is 2.82. The second kappa shape index (κ2) is 1.71. The lowest BCUT2D eigenvalue weighted by Crippen LogP contribution is -2.33. The van der Waals surface area contributed by atoms with Crippen LogP contribution in [0.3, 0.4) is 0 Å². The van der Waals surface area contributed by atoms with E-state index in [0.717, 1.165) is 6.54 Å². The molecule has 1 N–H and O–H groups in total. The Bertz CT molecular complexity index is 90.5. The van der Waals surface area contributed by atoms with E-state index >= 15 is 0 Å².